The zero-order chi connectivity index (χ0) is 17.5. The Bertz CT molecular complexity index is 691. The Labute approximate surface area is 148 Å². The average molecular weight is 340 g/mol. The number of thioether (sulfide) groups is 1. The highest BCUT2D eigenvalue weighted by Crippen LogP contribution is 2.23. The summed E-state index contributed by atoms with van der Waals surface area (Å²) in [7, 11) is 0. The number of amides is 1. The highest BCUT2D eigenvalue weighted by Gasteiger charge is 2.13. The number of benzene rings is 2. The normalized spacial score (nSPS) is 12.5. The van der Waals surface area contributed by atoms with Crippen molar-refractivity contribution in [2.45, 2.75) is 43.8 Å². The summed E-state index contributed by atoms with van der Waals surface area (Å²) < 4.78 is 0. The van der Waals surface area contributed by atoms with Crippen LogP contribution in [0.15, 0.2) is 58.5 Å². The molecule has 0 fully saturated rings. The van der Waals surface area contributed by atoms with Gasteiger partial charge < -0.3 is 0 Å². The van der Waals surface area contributed by atoms with E-state index in [4.69, 9.17) is 0 Å². The Hall–Kier alpha value is -2.07. The van der Waals surface area contributed by atoms with E-state index in [0.717, 1.165) is 10.5 Å². The fraction of sp³-hybridized carbons (Fsp3) is 0.300. The van der Waals surface area contributed by atoms with Crippen LogP contribution in [-0.4, -0.2) is 17.4 Å². The molecule has 1 atom stereocenters. The molecule has 1 amide bonds. The van der Waals surface area contributed by atoms with E-state index in [1.54, 1.807) is 6.21 Å². The SMILES string of the molecule is Cc1ccc(S[C@H](C)C(=O)N/N=C\c2ccc(C(C)C)cc2)cc1. The van der Waals surface area contributed by atoms with Gasteiger partial charge >= 0.3 is 0 Å². The highest BCUT2D eigenvalue weighted by atomic mass is 32.2. The molecule has 0 heterocycles. The van der Waals surface area contributed by atoms with Gasteiger partial charge in [-0.25, -0.2) is 5.43 Å². The number of aryl methyl sites for hydroxylation is 1. The number of hydrazone groups is 1. The molecule has 2 aromatic carbocycles. The number of nitrogens with zero attached hydrogens (tertiary/aromatic N) is 1. The molecule has 2 rings (SSSR count). The van der Waals surface area contributed by atoms with Crippen LogP contribution in [0.25, 0.3) is 0 Å². The lowest BCUT2D eigenvalue weighted by molar-refractivity contribution is -0.120. The molecule has 0 unspecified atom stereocenters. The lowest BCUT2D eigenvalue weighted by Crippen LogP contribution is -2.26. The summed E-state index contributed by atoms with van der Waals surface area (Å²) in [6, 6.07) is 16.4. The van der Waals surface area contributed by atoms with E-state index in [2.05, 4.69) is 36.5 Å². The van der Waals surface area contributed by atoms with E-state index in [-0.39, 0.29) is 11.2 Å². The summed E-state index contributed by atoms with van der Waals surface area (Å²) in [5.74, 6) is 0.408. The first kappa shape index (κ1) is 18.3. The lowest BCUT2D eigenvalue weighted by atomic mass is 10.0. The third-order valence-electron chi connectivity index (χ3n) is 3.69. The van der Waals surface area contributed by atoms with E-state index in [0.29, 0.717) is 5.92 Å². The van der Waals surface area contributed by atoms with Crippen LogP contribution in [-0.2, 0) is 4.79 Å². The van der Waals surface area contributed by atoms with Crippen molar-refractivity contribution in [2.75, 3.05) is 0 Å². The number of nitrogens with one attached hydrogen (secondary N) is 1. The van der Waals surface area contributed by atoms with Crippen molar-refractivity contribution in [1.82, 2.24) is 5.43 Å². The Balaban J connectivity index is 1.86. The van der Waals surface area contributed by atoms with Crippen LogP contribution in [0, 0.1) is 6.92 Å². The van der Waals surface area contributed by atoms with Crippen molar-refractivity contribution in [1.29, 1.82) is 0 Å². The van der Waals surface area contributed by atoms with Gasteiger partial charge in [-0.05, 0) is 43.0 Å². The van der Waals surface area contributed by atoms with Crippen molar-refractivity contribution in [2.24, 2.45) is 5.10 Å². The number of carbonyl (C=O) groups excluding carboxylic acids is 1. The van der Waals surface area contributed by atoms with Crippen molar-refractivity contribution < 1.29 is 4.79 Å². The smallest absolute Gasteiger partial charge is 0.253 e. The predicted molar refractivity (Wildman–Crippen MR) is 103 cm³/mol. The van der Waals surface area contributed by atoms with Crippen LogP contribution in [0.1, 0.15) is 43.4 Å². The molecule has 1 N–H and O–H groups in total. The van der Waals surface area contributed by atoms with Gasteiger partial charge in [-0.1, -0.05) is 55.8 Å². The maximum atomic E-state index is 12.1. The van der Waals surface area contributed by atoms with Gasteiger partial charge in [0.15, 0.2) is 0 Å². The Kier molecular flexibility index (Phi) is 6.62. The van der Waals surface area contributed by atoms with E-state index in [1.165, 1.54) is 22.9 Å². The van der Waals surface area contributed by atoms with Gasteiger partial charge in [0.2, 0.25) is 0 Å². The molecule has 0 spiro atoms. The van der Waals surface area contributed by atoms with E-state index >= 15 is 0 Å². The second-order valence-corrected chi connectivity index (χ2v) is 7.54. The molecule has 0 saturated heterocycles. The summed E-state index contributed by atoms with van der Waals surface area (Å²) in [6.07, 6.45) is 1.67. The summed E-state index contributed by atoms with van der Waals surface area (Å²) in [4.78, 5) is 13.2. The van der Waals surface area contributed by atoms with Crippen molar-refractivity contribution in [3.63, 3.8) is 0 Å². The van der Waals surface area contributed by atoms with Crippen molar-refractivity contribution in [3.05, 3.63) is 65.2 Å². The van der Waals surface area contributed by atoms with Crippen LogP contribution in [0.3, 0.4) is 0 Å². The molecule has 24 heavy (non-hydrogen) atoms. The number of carbonyl (C=O) groups is 1. The molecular weight excluding hydrogens is 316 g/mol. The van der Waals surface area contributed by atoms with Gasteiger partial charge in [0, 0.05) is 4.90 Å². The van der Waals surface area contributed by atoms with E-state index in [9.17, 15) is 4.79 Å². The van der Waals surface area contributed by atoms with Crippen molar-refractivity contribution in [3.8, 4) is 0 Å². The molecule has 0 aliphatic heterocycles. The number of hydrogen-bond donors (Lipinski definition) is 1. The molecule has 2 aromatic rings. The second kappa shape index (κ2) is 8.69. The summed E-state index contributed by atoms with van der Waals surface area (Å²) in [5.41, 5.74) is 6.08. The van der Waals surface area contributed by atoms with Gasteiger partial charge in [-0.2, -0.15) is 5.10 Å². The standard InChI is InChI=1S/C20H24N2OS/c1-14(2)18-9-7-17(8-10-18)13-21-22-20(23)16(4)24-19-11-5-15(3)6-12-19/h5-14,16H,1-4H3,(H,22,23)/b21-13-/t16-/m1/s1. The molecule has 0 aliphatic rings. The van der Waals surface area contributed by atoms with Gasteiger partial charge in [-0.3, -0.25) is 4.79 Å². The third-order valence-corrected chi connectivity index (χ3v) is 4.81. The monoisotopic (exact) mass is 340 g/mol. The fourth-order valence-corrected chi connectivity index (χ4v) is 2.96. The summed E-state index contributed by atoms with van der Waals surface area (Å²) >= 11 is 1.53. The highest BCUT2D eigenvalue weighted by molar-refractivity contribution is 8.00. The fourth-order valence-electron chi connectivity index (χ4n) is 2.10. The van der Waals surface area contributed by atoms with Gasteiger partial charge in [-0.15, -0.1) is 11.8 Å². The molecule has 3 nitrogen and oxygen atoms in total. The first-order valence-corrected chi connectivity index (χ1v) is 9.00. The zero-order valence-corrected chi connectivity index (χ0v) is 15.4. The minimum Gasteiger partial charge on any atom is -0.272 e. The number of hydrogen-bond acceptors (Lipinski definition) is 3. The molecule has 0 radical (unpaired) electrons. The molecule has 0 aromatic heterocycles. The minimum atomic E-state index is -0.201. The Morgan fingerprint density at radius 3 is 2.25 bits per heavy atom. The average Bonchev–Trinajstić information content (AvgIpc) is 2.57. The molecular formula is C20H24N2OS. The quantitative estimate of drug-likeness (QED) is 0.468. The number of rotatable bonds is 6. The first-order valence-electron chi connectivity index (χ1n) is 8.12. The van der Waals surface area contributed by atoms with Gasteiger partial charge in [0.05, 0.1) is 11.5 Å². The van der Waals surface area contributed by atoms with Crippen LogP contribution in [0.5, 0.6) is 0 Å². The van der Waals surface area contributed by atoms with Crippen LogP contribution in [0.4, 0.5) is 0 Å². The zero-order valence-electron chi connectivity index (χ0n) is 14.6. The lowest BCUT2D eigenvalue weighted by Gasteiger charge is -2.09. The third kappa shape index (κ3) is 5.53. The molecule has 0 bridgehead atoms. The maximum Gasteiger partial charge on any atom is 0.253 e. The Morgan fingerprint density at radius 1 is 1.04 bits per heavy atom. The van der Waals surface area contributed by atoms with Crippen molar-refractivity contribution >= 4 is 23.9 Å². The molecule has 0 aliphatic carbocycles. The minimum absolute atomic E-state index is 0.101. The van der Waals surface area contributed by atoms with Gasteiger partial charge in [0.1, 0.15) is 0 Å². The van der Waals surface area contributed by atoms with Crippen LogP contribution >= 0.6 is 11.8 Å². The summed E-state index contributed by atoms with van der Waals surface area (Å²) in [6.45, 7) is 8.26. The molecule has 126 valence electrons. The second-order valence-electron chi connectivity index (χ2n) is 6.13. The van der Waals surface area contributed by atoms with Gasteiger partial charge in [0.25, 0.3) is 5.91 Å². The largest absolute Gasteiger partial charge is 0.272 e. The summed E-state index contributed by atoms with van der Waals surface area (Å²) in [5, 5.41) is 3.85. The first-order chi connectivity index (χ1) is 11.5. The Morgan fingerprint density at radius 2 is 1.67 bits per heavy atom. The van der Waals surface area contributed by atoms with Crippen LogP contribution in [0.2, 0.25) is 0 Å². The predicted octanol–water partition coefficient (Wildman–Crippen LogP) is 4.75. The maximum absolute atomic E-state index is 12.1. The topological polar surface area (TPSA) is 41.5 Å². The van der Waals surface area contributed by atoms with E-state index < -0.39 is 0 Å². The van der Waals surface area contributed by atoms with Crippen LogP contribution < -0.4 is 5.43 Å². The molecule has 4 heteroatoms. The van der Waals surface area contributed by atoms with E-state index in [1.807, 2.05) is 50.2 Å². The molecule has 0 saturated carbocycles.